The monoisotopic (exact) mass is 637 g/mol. The molecule has 1 fully saturated rings. The summed E-state index contributed by atoms with van der Waals surface area (Å²) < 4.78 is 64.0. The maximum Gasteiger partial charge on any atom is 0.447 e. The number of hydrogen-bond acceptors (Lipinski definition) is 7. The lowest BCUT2D eigenvalue weighted by Crippen LogP contribution is -2.51. The van der Waals surface area contributed by atoms with Gasteiger partial charge in [0.25, 0.3) is 5.91 Å². The molecular weight excluding hydrogens is 602 g/mol. The van der Waals surface area contributed by atoms with Crippen LogP contribution in [0.4, 0.5) is 28.0 Å². The van der Waals surface area contributed by atoms with Crippen molar-refractivity contribution in [3.63, 3.8) is 0 Å². The van der Waals surface area contributed by atoms with Crippen molar-refractivity contribution in [2.75, 3.05) is 25.0 Å². The molecule has 0 aromatic carbocycles. The third-order valence-corrected chi connectivity index (χ3v) is 7.24. The van der Waals surface area contributed by atoms with Gasteiger partial charge in [-0.1, -0.05) is 5.92 Å². The number of alkyl halides is 4. The molecule has 15 heteroatoms. The largest absolute Gasteiger partial charge is 0.447 e. The molecule has 3 aromatic rings. The summed E-state index contributed by atoms with van der Waals surface area (Å²) in [6.45, 7) is 10.9. The Bertz CT molecular complexity index is 1580. The van der Waals surface area contributed by atoms with E-state index in [4.69, 9.17) is 4.74 Å². The molecule has 10 nitrogen and oxygen atoms in total. The molecule has 2 amide bonds. The molecule has 238 valence electrons. The van der Waals surface area contributed by atoms with E-state index in [-0.39, 0.29) is 59.7 Å². The second kappa shape index (κ2) is 12.6. The van der Waals surface area contributed by atoms with Gasteiger partial charge in [0, 0.05) is 30.7 Å². The zero-order valence-corrected chi connectivity index (χ0v) is 26.1. The Balaban J connectivity index is 1.51. The van der Waals surface area contributed by atoms with Crippen LogP contribution in [0.5, 0.6) is 0 Å². The molecule has 44 heavy (non-hydrogen) atoms. The van der Waals surface area contributed by atoms with E-state index >= 15 is 4.39 Å². The van der Waals surface area contributed by atoms with Gasteiger partial charge in [-0.2, -0.15) is 18.3 Å². The number of nitrogens with zero attached hydrogens (tertiary/aromatic N) is 5. The lowest BCUT2D eigenvalue weighted by Gasteiger charge is -2.36. The van der Waals surface area contributed by atoms with E-state index in [1.54, 1.807) is 37.7 Å². The van der Waals surface area contributed by atoms with E-state index < -0.39 is 35.3 Å². The van der Waals surface area contributed by atoms with Gasteiger partial charge in [-0.25, -0.2) is 14.2 Å². The summed E-state index contributed by atoms with van der Waals surface area (Å²) >= 11 is -0.367. The molecule has 4 heterocycles. The predicted octanol–water partition coefficient (Wildman–Crippen LogP) is 5.44. The van der Waals surface area contributed by atoms with Gasteiger partial charge >= 0.3 is 11.6 Å². The zero-order valence-electron chi connectivity index (χ0n) is 25.3. The first-order valence-corrected chi connectivity index (χ1v) is 14.7. The minimum absolute atomic E-state index is 0.129. The number of thioether (sulfide) groups is 1. The number of imidazole rings is 1. The first-order chi connectivity index (χ1) is 20.4. The summed E-state index contributed by atoms with van der Waals surface area (Å²) in [7, 11) is 0. The summed E-state index contributed by atoms with van der Waals surface area (Å²) in [5, 5.41) is 9.58. The molecule has 1 aliphatic heterocycles. The molecule has 3 aromatic heterocycles. The number of hydrogen-bond donors (Lipinski definition) is 2. The number of ether oxygens (including phenoxy) is 1. The average molecular weight is 638 g/mol. The van der Waals surface area contributed by atoms with Crippen LogP contribution in [0.2, 0.25) is 0 Å². The van der Waals surface area contributed by atoms with Gasteiger partial charge in [-0.15, -0.1) is 0 Å². The van der Waals surface area contributed by atoms with E-state index in [0.29, 0.717) is 11.3 Å². The second-order valence-corrected chi connectivity index (χ2v) is 13.3. The SMILES string of the molecule is CC(C)(C)OC(=O)N1CC[C@@H](Nc2cccn3c(SC(F)(F)F)c(C#CCNC(=O)c4cnn(C(C)(C)C)c4)nc23)[C@@H](F)C1. The molecule has 2 N–H and O–H groups in total. The highest BCUT2D eigenvalue weighted by Gasteiger charge is 2.35. The van der Waals surface area contributed by atoms with Crippen molar-refractivity contribution in [3.05, 3.63) is 42.0 Å². The Kier molecular flexibility index (Phi) is 9.43. The van der Waals surface area contributed by atoms with Crippen LogP contribution in [0.3, 0.4) is 0 Å². The molecule has 0 aliphatic carbocycles. The van der Waals surface area contributed by atoms with Crippen LogP contribution in [0.15, 0.2) is 35.7 Å². The molecule has 0 radical (unpaired) electrons. The molecule has 1 saturated heterocycles. The molecule has 0 bridgehead atoms. The molecule has 0 spiro atoms. The topological polar surface area (TPSA) is 106 Å². The maximum absolute atomic E-state index is 15.2. The van der Waals surface area contributed by atoms with E-state index in [2.05, 4.69) is 32.6 Å². The van der Waals surface area contributed by atoms with Crippen LogP contribution in [0.1, 0.15) is 64.0 Å². The van der Waals surface area contributed by atoms with Crippen LogP contribution in [0, 0.1) is 11.8 Å². The number of nitrogens with one attached hydrogen (secondary N) is 2. The number of amides is 2. The number of anilines is 1. The van der Waals surface area contributed by atoms with Crippen molar-refractivity contribution in [3.8, 4) is 11.8 Å². The van der Waals surface area contributed by atoms with Crippen LogP contribution in [-0.4, -0.2) is 79.0 Å². The van der Waals surface area contributed by atoms with Gasteiger partial charge in [0.1, 0.15) is 22.5 Å². The second-order valence-electron chi connectivity index (χ2n) is 12.2. The number of carbonyl (C=O) groups excluding carboxylic acids is 2. The summed E-state index contributed by atoms with van der Waals surface area (Å²) in [6, 6.07) is 2.39. The van der Waals surface area contributed by atoms with Crippen LogP contribution < -0.4 is 10.6 Å². The number of likely N-dealkylation sites (tertiary alicyclic amines) is 1. The summed E-state index contributed by atoms with van der Waals surface area (Å²) in [5.74, 6) is 4.88. The minimum atomic E-state index is -4.63. The molecular formula is C29H35F4N7O3S. The Hall–Kier alpha value is -3.93. The minimum Gasteiger partial charge on any atom is -0.444 e. The summed E-state index contributed by atoms with van der Waals surface area (Å²) in [5.41, 5.74) is -5.05. The van der Waals surface area contributed by atoms with Gasteiger partial charge in [-0.05, 0) is 66.0 Å². The number of rotatable bonds is 5. The highest BCUT2D eigenvalue weighted by molar-refractivity contribution is 8.00. The Morgan fingerprint density at radius 1 is 1.18 bits per heavy atom. The van der Waals surface area contributed by atoms with Gasteiger partial charge < -0.3 is 20.3 Å². The van der Waals surface area contributed by atoms with Crippen LogP contribution in [-0.2, 0) is 10.3 Å². The smallest absolute Gasteiger partial charge is 0.444 e. The van der Waals surface area contributed by atoms with Crippen molar-refractivity contribution in [2.24, 2.45) is 0 Å². The quantitative estimate of drug-likeness (QED) is 0.218. The zero-order chi connectivity index (χ0) is 32.4. The fourth-order valence-corrected chi connectivity index (χ4v) is 5.03. The summed E-state index contributed by atoms with van der Waals surface area (Å²) in [4.78, 5) is 30.5. The summed E-state index contributed by atoms with van der Waals surface area (Å²) in [6.07, 6.45) is 2.61. The highest BCUT2D eigenvalue weighted by Crippen LogP contribution is 2.39. The fourth-order valence-electron chi connectivity index (χ4n) is 4.37. The lowest BCUT2D eigenvalue weighted by molar-refractivity contribution is -0.0330. The number of aromatic nitrogens is 4. The molecule has 4 rings (SSSR count). The van der Waals surface area contributed by atoms with Gasteiger partial charge in [0.05, 0.1) is 42.1 Å². The number of pyridine rings is 1. The van der Waals surface area contributed by atoms with E-state index in [1.807, 2.05) is 20.8 Å². The van der Waals surface area contributed by atoms with E-state index in [9.17, 15) is 22.8 Å². The van der Waals surface area contributed by atoms with Crippen molar-refractivity contribution < 1.29 is 31.9 Å². The van der Waals surface area contributed by atoms with Crippen molar-refractivity contribution >= 4 is 35.1 Å². The number of piperidine rings is 1. The Morgan fingerprint density at radius 3 is 2.52 bits per heavy atom. The van der Waals surface area contributed by atoms with Gasteiger partial charge in [0.2, 0.25) is 0 Å². The predicted molar refractivity (Wildman–Crippen MR) is 158 cm³/mol. The van der Waals surface area contributed by atoms with Crippen molar-refractivity contribution in [1.82, 2.24) is 29.4 Å². The lowest BCUT2D eigenvalue weighted by atomic mass is 10.0. The number of carbonyl (C=O) groups is 2. The van der Waals surface area contributed by atoms with Gasteiger partial charge in [-0.3, -0.25) is 13.9 Å². The van der Waals surface area contributed by atoms with Crippen LogP contribution >= 0.6 is 11.8 Å². The fraction of sp³-hybridized carbons (Fsp3) is 0.517. The number of fused-ring (bicyclic) bond motifs is 1. The van der Waals surface area contributed by atoms with Crippen molar-refractivity contribution in [1.29, 1.82) is 0 Å². The standard InChI is InChI=1S/C29H35F4N7O3S/c1-27(2,3)40-16-18(15-35-40)24(41)34-12-7-9-22-25(44-29(31,32)33)39-13-8-10-21(23(39)37-22)36-20-11-14-38(17-19(20)30)26(42)43-28(4,5)6/h8,10,13,15-16,19-20,36H,11-12,14,17H2,1-6H3,(H,34,41)/t19-,20+/m0/s1. The van der Waals surface area contributed by atoms with E-state index in [0.717, 1.165) is 0 Å². The first kappa shape index (κ1) is 33.0. The molecule has 1 aliphatic rings. The first-order valence-electron chi connectivity index (χ1n) is 13.9. The third kappa shape index (κ3) is 8.37. The molecule has 2 atom stereocenters. The Morgan fingerprint density at radius 2 is 1.91 bits per heavy atom. The normalized spacial score (nSPS) is 17.6. The Labute approximate surface area is 256 Å². The average Bonchev–Trinajstić information content (AvgIpc) is 3.52. The maximum atomic E-state index is 15.2. The van der Waals surface area contributed by atoms with Gasteiger partial charge in [0.15, 0.2) is 5.65 Å². The van der Waals surface area contributed by atoms with Crippen LogP contribution in [0.25, 0.3) is 5.65 Å². The highest BCUT2D eigenvalue weighted by atomic mass is 32.2. The molecule has 0 saturated carbocycles. The number of halogens is 4. The van der Waals surface area contributed by atoms with E-state index in [1.165, 1.54) is 27.8 Å². The molecule has 0 unspecified atom stereocenters. The third-order valence-electron chi connectivity index (χ3n) is 6.43. The van der Waals surface area contributed by atoms with Crippen molar-refractivity contribution in [2.45, 2.75) is 81.9 Å².